The van der Waals surface area contributed by atoms with E-state index in [1.807, 2.05) is 25.1 Å². The predicted octanol–water partition coefficient (Wildman–Crippen LogP) is 4.39. The molecule has 0 aromatic heterocycles. The van der Waals surface area contributed by atoms with E-state index in [2.05, 4.69) is 37.2 Å². The number of nitrogens with zero attached hydrogens (tertiary/aromatic N) is 1. The van der Waals surface area contributed by atoms with E-state index in [0.717, 1.165) is 22.4 Å². The highest BCUT2D eigenvalue weighted by molar-refractivity contribution is 6.00. The second kappa shape index (κ2) is 6.44. The maximum absolute atomic E-state index is 8.99. The molecule has 110 valence electrons. The quantitative estimate of drug-likeness (QED) is 0.513. The summed E-state index contributed by atoms with van der Waals surface area (Å²) < 4.78 is 5.92. The van der Waals surface area contributed by atoms with Crippen LogP contribution in [0.4, 0.5) is 0 Å². The minimum atomic E-state index is 0.497. The number of oxime groups is 1. The Morgan fingerprint density at radius 3 is 2.29 bits per heavy atom. The molecule has 0 heterocycles. The van der Waals surface area contributed by atoms with Crippen molar-refractivity contribution < 1.29 is 9.94 Å². The predicted molar refractivity (Wildman–Crippen MR) is 85.4 cm³/mol. The van der Waals surface area contributed by atoms with E-state index in [-0.39, 0.29) is 0 Å². The molecule has 0 saturated carbocycles. The van der Waals surface area contributed by atoms with Gasteiger partial charge in [-0.15, -0.1) is 0 Å². The van der Waals surface area contributed by atoms with Crippen LogP contribution >= 0.6 is 0 Å². The van der Waals surface area contributed by atoms with Crippen LogP contribution in [0.3, 0.4) is 0 Å². The fourth-order valence-corrected chi connectivity index (χ4v) is 2.42. The van der Waals surface area contributed by atoms with Gasteiger partial charge in [-0.05, 0) is 45.4 Å². The minimum Gasteiger partial charge on any atom is -0.488 e. The Labute approximate surface area is 125 Å². The van der Waals surface area contributed by atoms with E-state index >= 15 is 0 Å². The molecule has 0 spiro atoms. The Balaban J connectivity index is 2.23. The highest BCUT2D eigenvalue weighted by Gasteiger charge is 2.08. The molecule has 2 aromatic rings. The van der Waals surface area contributed by atoms with Crippen molar-refractivity contribution in [2.24, 2.45) is 5.16 Å². The number of ether oxygens (including phenoxy) is 1. The van der Waals surface area contributed by atoms with Gasteiger partial charge < -0.3 is 9.94 Å². The number of hydrogen-bond acceptors (Lipinski definition) is 3. The zero-order chi connectivity index (χ0) is 15.4. The van der Waals surface area contributed by atoms with Gasteiger partial charge in [0.1, 0.15) is 12.4 Å². The first-order valence-corrected chi connectivity index (χ1v) is 6.99. The summed E-state index contributed by atoms with van der Waals surface area (Å²) >= 11 is 0. The van der Waals surface area contributed by atoms with Crippen molar-refractivity contribution in [3.63, 3.8) is 0 Å². The number of aryl methyl sites for hydroxylation is 3. The van der Waals surface area contributed by atoms with Crippen LogP contribution in [0.25, 0.3) is 0 Å². The fourth-order valence-electron chi connectivity index (χ4n) is 2.42. The first-order valence-electron chi connectivity index (χ1n) is 6.99. The average Bonchev–Trinajstić information content (AvgIpc) is 2.44. The van der Waals surface area contributed by atoms with Crippen molar-refractivity contribution in [1.82, 2.24) is 0 Å². The van der Waals surface area contributed by atoms with Crippen LogP contribution in [0.5, 0.6) is 5.75 Å². The van der Waals surface area contributed by atoms with E-state index in [1.54, 1.807) is 6.92 Å². The maximum atomic E-state index is 8.99. The normalized spacial score (nSPS) is 11.5. The van der Waals surface area contributed by atoms with Crippen LogP contribution in [0.2, 0.25) is 0 Å². The van der Waals surface area contributed by atoms with Gasteiger partial charge in [0.2, 0.25) is 0 Å². The van der Waals surface area contributed by atoms with Crippen molar-refractivity contribution in [2.45, 2.75) is 34.3 Å². The van der Waals surface area contributed by atoms with Gasteiger partial charge in [0, 0.05) is 5.56 Å². The molecule has 2 aromatic carbocycles. The van der Waals surface area contributed by atoms with E-state index in [4.69, 9.17) is 9.94 Å². The van der Waals surface area contributed by atoms with Gasteiger partial charge in [0.15, 0.2) is 0 Å². The zero-order valence-corrected chi connectivity index (χ0v) is 13.0. The molecule has 3 heteroatoms. The molecule has 0 saturated heterocycles. The Morgan fingerprint density at radius 1 is 1.00 bits per heavy atom. The van der Waals surface area contributed by atoms with Crippen molar-refractivity contribution in [3.8, 4) is 5.75 Å². The minimum absolute atomic E-state index is 0.497. The lowest BCUT2D eigenvalue weighted by atomic mass is 10.1. The summed E-state index contributed by atoms with van der Waals surface area (Å²) in [6.45, 7) is 8.42. The van der Waals surface area contributed by atoms with Crippen LogP contribution in [-0.4, -0.2) is 10.9 Å². The highest BCUT2D eigenvalue weighted by atomic mass is 16.5. The van der Waals surface area contributed by atoms with Crippen LogP contribution in [0.1, 0.15) is 34.7 Å². The molecule has 0 unspecified atom stereocenters. The second-order valence-corrected chi connectivity index (χ2v) is 5.47. The first kappa shape index (κ1) is 15.1. The van der Waals surface area contributed by atoms with Crippen molar-refractivity contribution >= 4 is 5.71 Å². The summed E-state index contributed by atoms with van der Waals surface area (Å²) in [7, 11) is 0. The molecule has 0 atom stereocenters. The molecule has 2 rings (SSSR count). The molecule has 0 bridgehead atoms. The molecule has 0 aliphatic heterocycles. The van der Waals surface area contributed by atoms with Crippen LogP contribution < -0.4 is 4.74 Å². The molecule has 1 N–H and O–H groups in total. The van der Waals surface area contributed by atoms with Crippen LogP contribution in [0.15, 0.2) is 41.6 Å². The SMILES string of the molecule is CC(=NO)c1cc(C)ccc1OCc1cc(C)cc(C)c1. The standard InChI is InChI=1S/C18H21NO2/c1-12-5-6-18(17(10-12)15(4)19-20)21-11-16-8-13(2)7-14(3)9-16/h5-10,20H,11H2,1-4H3. The molecule has 0 aliphatic carbocycles. The number of benzene rings is 2. The van der Waals surface area contributed by atoms with Crippen LogP contribution in [0, 0.1) is 20.8 Å². The fraction of sp³-hybridized carbons (Fsp3) is 0.278. The summed E-state index contributed by atoms with van der Waals surface area (Å²) in [5.41, 5.74) is 6.07. The summed E-state index contributed by atoms with van der Waals surface area (Å²) in [6, 6.07) is 12.3. The number of hydrogen-bond donors (Lipinski definition) is 1. The Morgan fingerprint density at radius 2 is 1.67 bits per heavy atom. The molecule has 0 aliphatic rings. The summed E-state index contributed by atoms with van der Waals surface area (Å²) in [5, 5.41) is 12.3. The lowest BCUT2D eigenvalue weighted by Crippen LogP contribution is -2.03. The monoisotopic (exact) mass is 283 g/mol. The Hall–Kier alpha value is -2.29. The van der Waals surface area contributed by atoms with E-state index in [1.165, 1.54) is 11.1 Å². The van der Waals surface area contributed by atoms with Crippen molar-refractivity contribution in [1.29, 1.82) is 0 Å². The highest BCUT2D eigenvalue weighted by Crippen LogP contribution is 2.22. The average molecular weight is 283 g/mol. The van der Waals surface area contributed by atoms with Gasteiger partial charge in [-0.3, -0.25) is 0 Å². The molecule has 0 amide bonds. The van der Waals surface area contributed by atoms with Crippen LogP contribution in [-0.2, 0) is 6.61 Å². The zero-order valence-electron chi connectivity index (χ0n) is 13.0. The molecule has 0 fully saturated rings. The number of rotatable bonds is 4. The van der Waals surface area contributed by atoms with Gasteiger partial charge in [0.25, 0.3) is 0 Å². The molecule has 3 nitrogen and oxygen atoms in total. The van der Waals surface area contributed by atoms with Crippen molar-refractivity contribution in [3.05, 3.63) is 64.2 Å². The summed E-state index contributed by atoms with van der Waals surface area (Å²) in [4.78, 5) is 0. The summed E-state index contributed by atoms with van der Waals surface area (Å²) in [6.07, 6.45) is 0. The first-order chi connectivity index (χ1) is 9.99. The summed E-state index contributed by atoms with van der Waals surface area (Å²) in [5.74, 6) is 0.732. The Bertz CT molecular complexity index is 655. The lowest BCUT2D eigenvalue weighted by molar-refractivity contribution is 0.303. The smallest absolute Gasteiger partial charge is 0.128 e. The van der Waals surface area contributed by atoms with E-state index < -0.39 is 0 Å². The molecule has 0 radical (unpaired) electrons. The van der Waals surface area contributed by atoms with Gasteiger partial charge in [-0.25, -0.2) is 0 Å². The van der Waals surface area contributed by atoms with Gasteiger partial charge >= 0.3 is 0 Å². The third kappa shape index (κ3) is 3.85. The van der Waals surface area contributed by atoms with E-state index in [9.17, 15) is 0 Å². The van der Waals surface area contributed by atoms with Gasteiger partial charge in [-0.1, -0.05) is 46.1 Å². The topological polar surface area (TPSA) is 41.8 Å². The molecular formula is C18H21NO2. The van der Waals surface area contributed by atoms with Gasteiger partial charge in [0.05, 0.1) is 5.71 Å². The van der Waals surface area contributed by atoms with E-state index in [0.29, 0.717) is 12.3 Å². The van der Waals surface area contributed by atoms with Gasteiger partial charge in [-0.2, -0.15) is 0 Å². The second-order valence-electron chi connectivity index (χ2n) is 5.47. The third-order valence-electron chi connectivity index (χ3n) is 3.35. The molecular weight excluding hydrogens is 262 g/mol. The largest absolute Gasteiger partial charge is 0.488 e. The maximum Gasteiger partial charge on any atom is 0.128 e. The van der Waals surface area contributed by atoms with Crippen molar-refractivity contribution in [2.75, 3.05) is 0 Å². The third-order valence-corrected chi connectivity index (χ3v) is 3.35. The lowest BCUT2D eigenvalue weighted by Gasteiger charge is -2.12. The Kier molecular flexibility index (Phi) is 4.63. The molecule has 21 heavy (non-hydrogen) atoms.